The predicted molar refractivity (Wildman–Crippen MR) is 64.3 cm³/mol. The van der Waals surface area contributed by atoms with E-state index in [1.807, 2.05) is 0 Å². The van der Waals surface area contributed by atoms with Gasteiger partial charge in [-0.3, -0.25) is 0 Å². The minimum absolute atomic E-state index is 1.10. The van der Waals surface area contributed by atoms with Crippen LogP contribution in [0.3, 0.4) is 0 Å². The van der Waals surface area contributed by atoms with E-state index in [0.717, 1.165) is 19.3 Å². The second-order valence-electron chi connectivity index (χ2n) is 3.54. The van der Waals surface area contributed by atoms with Gasteiger partial charge in [0.25, 0.3) is 0 Å². The first-order valence-electron chi connectivity index (χ1n) is 5.62. The van der Waals surface area contributed by atoms with Crippen LogP contribution in [0.25, 0.3) is 0 Å². The lowest BCUT2D eigenvalue weighted by Crippen LogP contribution is -1.70. The summed E-state index contributed by atoms with van der Waals surface area (Å²) in [6.45, 7) is 0. The van der Waals surface area contributed by atoms with Gasteiger partial charge in [-0.1, -0.05) is 48.6 Å². The molecule has 0 amide bonds. The van der Waals surface area contributed by atoms with Gasteiger partial charge in [0.2, 0.25) is 0 Å². The van der Waals surface area contributed by atoms with Crippen molar-refractivity contribution in [3.8, 4) is 0 Å². The van der Waals surface area contributed by atoms with Crippen LogP contribution in [-0.2, 0) is 0 Å². The van der Waals surface area contributed by atoms with Crippen LogP contribution >= 0.6 is 0 Å². The molecule has 0 saturated carbocycles. The standard InChI is InChI=1S/C14H20/c1-2-4-6-8-10-12-14-13-11-9-7-5-3-1/h1-4,9,11-12,14H,5-8,10,13H2/b3-1+,4-2+,11-9+,14-12?. The van der Waals surface area contributed by atoms with E-state index in [4.69, 9.17) is 0 Å². The predicted octanol–water partition coefficient (Wildman–Crippen LogP) is 4.57. The van der Waals surface area contributed by atoms with Crippen LogP contribution in [0.4, 0.5) is 0 Å². The van der Waals surface area contributed by atoms with Crippen molar-refractivity contribution in [1.29, 1.82) is 0 Å². The minimum Gasteiger partial charge on any atom is -0.0882 e. The second kappa shape index (κ2) is 8.55. The van der Waals surface area contributed by atoms with Gasteiger partial charge in [0.1, 0.15) is 0 Å². The first kappa shape index (κ1) is 11.0. The van der Waals surface area contributed by atoms with Crippen molar-refractivity contribution in [1.82, 2.24) is 0 Å². The molecule has 0 unspecified atom stereocenters. The third-order valence-corrected chi connectivity index (χ3v) is 2.23. The molecule has 0 N–H and O–H groups in total. The third-order valence-electron chi connectivity index (χ3n) is 2.23. The smallest absolute Gasteiger partial charge is 0.0169 e. The fourth-order valence-corrected chi connectivity index (χ4v) is 1.40. The van der Waals surface area contributed by atoms with Crippen molar-refractivity contribution in [2.75, 3.05) is 0 Å². The van der Waals surface area contributed by atoms with Crippen molar-refractivity contribution < 1.29 is 0 Å². The first-order chi connectivity index (χ1) is 7.00. The van der Waals surface area contributed by atoms with E-state index in [9.17, 15) is 0 Å². The van der Waals surface area contributed by atoms with Gasteiger partial charge < -0.3 is 0 Å². The van der Waals surface area contributed by atoms with Gasteiger partial charge in [0.15, 0.2) is 0 Å². The van der Waals surface area contributed by atoms with Crippen LogP contribution < -0.4 is 0 Å². The Hall–Kier alpha value is -1.04. The fourth-order valence-electron chi connectivity index (χ4n) is 1.40. The Bertz CT molecular complexity index is 228. The lowest BCUT2D eigenvalue weighted by molar-refractivity contribution is 0.865. The molecule has 0 aromatic rings. The summed E-state index contributed by atoms with van der Waals surface area (Å²) in [7, 11) is 0. The summed E-state index contributed by atoms with van der Waals surface area (Å²) in [6.07, 6.45) is 25.0. The van der Waals surface area contributed by atoms with Gasteiger partial charge in [-0.2, -0.15) is 0 Å². The third kappa shape index (κ3) is 6.47. The maximum Gasteiger partial charge on any atom is -0.0169 e. The maximum absolute atomic E-state index is 2.29. The molecule has 0 radical (unpaired) electrons. The van der Waals surface area contributed by atoms with Crippen molar-refractivity contribution >= 4 is 0 Å². The Morgan fingerprint density at radius 1 is 0.500 bits per heavy atom. The number of rotatable bonds is 0. The zero-order valence-corrected chi connectivity index (χ0v) is 8.86. The van der Waals surface area contributed by atoms with Crippen LogP contribution in [0.1, 0.15) is 38.5 Å². The highest BCUT2D eigenvalue weighted by atomic mass is 13.9. The molecule has 0 aliphatic heterocycles. The molecule has 1 aliphatic carbocycles. The molecule has 0 aromatic heterocycles. The highest BCUT2D eigenvalue weighted by molar-refractivity contribution is 5.03. The Kier molecular flexibility index (Phi) is 6.74. The normalized spacial score (nSPS) is 26.3. The molecule has 1 rings (SSSR count). The average molecular weight is 188 g/mol. The lowest BCUT2D eigenvalue weighted by atomic mass is 10.2. The fraction of sp³-hybridized carbons (Fsp3) is 0.429. The summed E-state index contributed by atoms with van der Waals surface area (Å²) in [6, 6.07) is 0. The SMILES string of the molecule is C1=CCCC/C=C/C=C/CC/C=C/C1. The molecule has 0 bridgehead atoms. The summed E-state index contributed by atoms with van der Waals surface area (Å²) in [5.74, 6) is 0. The highest BCUT2D eigenvalue weighted by Gasteiger charge is 1.81. The Morgan fingerprint density at radius 3 is 1.93 bits per heavy atom. The van der Waals surface area contributed by atoms with Crippen LogP contribution in [0.5, 0.6) is 0 Å². The molecule has 0 aromatic carbocycles. The van der Waals surface area contributed by atoms with E-state index in [1.54, 1.807) is 0 Å². The van der Waals surface area contributed by atoms with Crippen LogP contribution in [0.2, 0.25) is 0 Å². The minimum atomic E-state index is 1.10. The number of hydrogen-bond acceptors (Lipinski definition) is 0. The molecule has 76 valence electrons. The Labute approximate surface area is 87.7 Å². The molecule has 1 aliphatic rings. The topological polar surface area (TPSA) is 0 Å². The van der Waals surface area contributed by atoms with Gasteiger partial charge in [0, 0.05) is 0 Å². The molecule has 0 fully saturated rings. The van der Waals surface area contributed by atoms with Crippen molar-refractivity contribution in [3.05, 3.63) is 48.6 Å². The van der Waals surface area contributed by atoms with E-state index in [2.05, 4.69) is 48.6 Å². The largest absolute Gasteiger partial charge is 0.0882 e. The molecule has 14 heavy (non-hydrogen) atoms. The quantitative estimate of drug-likeness (QED) is 0.489. The average Bonchev–Trinajstić information content (AvgIpc) is 2.22. The summed E-state index contributed by atoms with van der Waals surface area (Å²) in [5.41, 5.74) is 0. The van der Waals surface area contributed by atoms with E-state index >= 15 is 0 Å². The zero-order valence-electron chi connectivity index (χ0n) is 8.86. The van der Waals surface area contributed by atoms with E-state index < -0.39 is 0 Å². The maximum atomic E-state index is 2.29. The Morgan fingerprint density at radius 2 is 1.07 bits per heavy atom. The van der Waals surface area contributed by atoms with E-state index in [0.29, 0.717) is 0 Å². The molecule has 0 heterocycles. The zero-order chi connectivity index (χ0) is 9.90. The summed E-state index contributed by atoms with van der Waals surface area (Å²) in [4.78, 5) is 0. The molecule has 0 heteroatoms. The molecule has 0 nitrogen and oxygen atoms in total. The van der Waals surface area contributed by atoms with Crippen LogP contribution in [0.15, 0.2) is 48.6 Å². The first-order valence-corrected chi connectivity index (χ1v) is 5.62. The number of allylic oxidation sites excluding steroid dienone is 8. The van der Waals surface area contributed by atoms with Gasteiger partial charge >= 0.3 is 0 Å². The summed E-state index contributed by atoms with van der Waals surface area (Å²) < 4.78 is 0. The van der Waals surface area contributed by atoms with Gasteiger partial charge in [-0.25, -0.2) is 0 Å². The van der Waals surface area contributed by atoms with Crippen molar-refractivity contribution in [3.63, 3.8) is 0 Å². The van der Waals surface area contributed by atoms with Gasteiger partial charge in [-0.05, 0) is 38.5 Å². The van der Waals surface area contributed by atoms with Crippen molar-refractivity contribution in [2.45, 2.75) is 38.5 Å². The monoisotopic (exact) mass is 188 g/mol. The summed E-state index contributed by atoms with van der Waals surface area (Å²) >= 11 is 0. The van der Waals surface area contributed by atoms with Gasteiger partial charge in [0.05, 0.1) is 0 Å². The highest BCUT2D eigenvalue weighted by Crippen LogP contribution is 2.01. The Balaban J connectivity index is 2.34. The summed E-state index contributed by atoms with van der Waals surface area (Å²) in [5, 5.41) is 0. The molecule has 0 saturated heterocycles. The van der Waals surface area contributed by atoms with E-state index in [1.165, 1.54) is 19.3 Å². The molecule has 0 spiro atoms. The van der Waals surface area contributed by atoms with Crippen LogP contribution in [-0.4, -0.2) is 0 Å². The van der Waals surface area contributed by atoms with Crippen LogP contribution in [0, 0.1) is 0 Å². The molecular weight excluding hydrogens is 168 g/mol. The van der Waals surface area contributed by atoms with E-state index in [-0.39, 0.29) is 0 Å². The molecule has 0 atom stereocenters. The van der Waals surface area contributed by atoms with Crippen molar-refractivity contribution in [2.24, 2.45) is 0 Å². The second-order valence-corrected chi connectivity index (χ2v) is 3.54. The molecular formula is C14H20. The van der Waals surface area contributed by atoms with Gasteiger partial charge in [-0.15, -0.1) is 0 Å². The lowest BCUT2D eigenvalue weighted by Gasteiger charge is -1.91. The number of hydrogen-bond donors (Lipinski definition) is 0.